The van der Waals surface area contributed by atoms with E-state index in [4.69, 9.17) is 33.0 Å². The standard InChI is InChI=1S/C19H22ClFN2O3.C6H4ClF.C4H10.C2H6.CH4O/c1-26-18-6-11(10-24)2-5-16(18)23-19(25)17-7-12(9-22-17)14-4-3-13(20)8-15(14)21;7-5-3-1-2-4-6(5)8;1-4(2)3;2*1-2/h2,5-6,10,12-13,17,22H,3-4,7-9H2,1H3,(H,23,25);1-4H;4H,1-3H3;1-2H3;2H,1H3. The Morgan fingerprint density at radius 2 is 1.76 bits per heavy atom. The van der Waals surface area contributed by atoms with Crippen molar-refractivity contribution in [1.82, 2.24) is 5.32 Å². The van der Waals surface area contributed by atoms with Crippen molar-refractivity contribution in [1.29, 1.82) is 0 Å². The molecular formula is C32H46Cl2F2N2O4. The van der Waals surface area contributed by atoms with Gasteiger partial charge in [0.15, 0.2) is 0 Å². The van der Waals surface area contributed by atoms with Gasteiger partial charge in [-0.2, -0.15) is 0 Å². The molecule has 236 valence electrons. The Labute approximate surface area is 259 Å². The molecule has 1 aliphatic heterocycles. The van der Waals surface area contributed by atoms with E-state index in [-0.39, 0.29) is 40.3 Å². The summed E-state index contributed by atoms with van der Waals surface area (Å²) in [6, 6.07) is 10.5. The summed E-state index contributed by atoms with van der Waals surface area (Å²) in [6.07, 6.45) is 2.98. The molecule has 10 heteroatoms. The Hall–Kier alpha value is -2.52. The van der Waals surface area contributed by atoms with Crippen LogP contribution in [-0.4, -0.2) is 49.5 Å². The van der Waals surface area contributed by atoms with E-state index in [0.29, 0.717) is 36.4 Å². The molecule has 0 saturated carbocycles. The van der Waals surface area contributed by atoms with E-state index in [1.54, 1.807) is 30.3 Å². The molecule has 42 heavy (non-hydrogen) atoms. The van der Waals surface area contributed by atoms with Crippen LogP contribution < -0.4 is 15.4 Å². The molecular weight excluding hydrogens is 585 g/mol. The zero-order valence-corrected chi connectivity index (χ0v) is 27.2. The zero-order valence-electron chi connectivity index (χ0n) is 25.6. The number of halogens is 4. The van der Waals surface area contributed by atoms with Crippen molar-refractivity contribution in [2.24, 2.45) is 11.8 Å². The smallest absolute Gasteiger partial charge is 0.241 e. The first-order valence-corrected chi connectivity index (χ1v) is 14.9. The maximum absolute atomic E-state index is 14.2. The van der Waals surface area contributed by atoms with Gasteiger partial charge in [-0.3, -0.25) is 9.59 Å². The van der Waals surface area contributed by atoms with Crippen LogP contribution in [0.3, 0.4) is 0 Å². The van der Waals surface area contributed by atoms with Crippen LogP contribution in [0.15, 0.2) is 53.9 Å². The Kier molecular flexibility index (Phi) is 20.8. The second kappa shape index (κ2) is 22.1. The highest BCUT2D eigenvalue weighted by atomic mass is 35.5. The van der Waals surface area contributed by atoms with Gasteiger partial charge in [0, 0.05) is 31.0 Å². The number of carbonyl (C=O) groups is 2. The third-order valence-electron chi connectivity index (χ3n) is 5.86. The number of benzene rings is 2. The predicted molar refractivity (Wildman–Crippen MR) is 170 cm³/mol. The van der Waals surface area contributed by atoms with Gasteiger partial charge in [0.2, 0.25) is 5.91 Å². The minimum atomic E-state index is -0.399. The molecule has 0 bridgehead atoms. The largest absolute Gasteiger partial charge is 0.495 e. The summed E-state index contributed by atoms with van der Waals surface area (Å²) >= 11 is 11.3. The third kappa shape index (κ3) is 14.1. The number of alkyl halides is 1. The maximum atomic E-state index is 14.2. The van der Waals surface area contributed by atoms with E-state index in [1.807, 2.05) is 13.8 Å². The normalized spacial score (nSPS) is 18.9. The van der Waals surface area contributed by atoms with E-state index in [2.05, 4.69) is 31.4 Å². The Morgan fingerprint density at radius 3 is 2.26 bits per heavy atom. The van der Waals surface area contributed by atoms with Crippen LogP contribution >= 0.6 is 23.2 Å². The van der Waals surface area contributed by atoms with Crippen molar-refractivity contribution in [2.45, 2.75) is 71.7 Å². The number of amides is 1. The number of nitrogens with one attached hydrogen (secondary N) is 2. The number of ether oxygens (including phenoxy) is 1. The third-order valence-corrected chi connectivity index (χ3v) is 6.54. The van der Waals surface area contributed by atoms with Crippen LogP contribution in [0.5, 0.6) is 5.75 Å². The van der Waals surface area contributed by atoms with E-state index in [1.165, 1.54) is 19.2 Å². The van der Waals surface area contributed by atoms with Crippen LogP contribution in [0.1, 0.15) is 70.7 Å². The molecule has 2 aliphatic rings. The Morgan fingerprint density at radius 1 is 1.14 bits per heavy atom. The van der Waals surface area contributed by atoms with Gasteiger partial charge in [-0.1, -0.05) is 58.4 Å². The quantitative estimate of drug-likeness (QED) is 0.229. The van der Waals surface area contributed by atoms with Gasteiger partial charge in [0.25, 0.3) is 0 Å². The fourth-order valence-electron chi connectivity index (χ4n) is 4.05. The summed E-state index contributed by atoms with van der Waals surface area (Å²) in [4.78, 5) is 23.4. The number of hydrogen-bond donors (Lipinski definition) is 3. The molecule has 1 heterocycles. The first-order valence-electron chi connectivity index (χ1n) is 14.1. The minimum absolute atomic E-state index is 0.0225. The van der Waals surface area contributed by atoms with Crippen LogP contribution in [0.4, 0.5) is 14.5 Å². The summed E-state index contributed by atoms with van der Waals surface area (Å²) in [6.45, 7) is 11.1. The molecule has 1 aliphatic carbocycles. The first kappa shape index (κ1) is 39.5. The van der Waals surface area contributed by atoms with Gasteiger partial charge in [-0.05, 0) is 67.0 Å². The monoisotopic (exact) mass is 630 g/mol. The number of allylic oxidation sites excluding steroid dienone is 1. The molecule has 2 aromatic rings. The highest BCUT2D eigenvalue weighted by Gasteiger charge is 2.34. The van der Waals surface area contributed by atoms with E-state index in [9.17, 15) is 18.4 Å². The second-order valence-electron chi connectivity index (χ2n) is 9.88. The van der Waals surface area contributed by atoms with Crippen LogP contribution in [0, 0.1) is 17.7 Å². The molecule has 0 radical (unpaired) electrons. The Bertz CT molecular complexity index is 1090. The van der Waals surface area contributed by atoms with Crippen molar-refractivity contribution < 1.29 is 28.2 Å². The fraction of sp³-hybridized carbons (Fsp3) is 0.500. The maximum Gasteiger partial charge on any atom is 0.241 e. The lowest BCUT2D eigenvalue weighted by Gasteiger charge is -2.23. The number of hydrogen-bond acceptors (Lipinski definition) is 5. The van der Waals surface area contributed by atoms with Gasteiger partial charge in [-0.15, -0.1) is 11.6 Å². The van der Waals surface area contributed by atoms with Crippen LogP contribution in [0.25, 0.3) is 0 Å². The van der Waals surface area contributed by atoms with Crippen molar-refractivity contribution >= 4 is 41.1 Å². The number of aldehydes is 1. The zero-order chi connectivity index (χ0) is 32.2. The number of aliphatic hydroxyl groups excluding tert-OH is 1. The average Bonchev–Trinajstić information content (AvgIpc) is 3.47. The molecule has 2 aromatic carbocycles. The van der Waals surface area contributed by atoms with Crippen LogP contribution in [0.2, 0.25) is 5.02 Å². The van der Waals surface area contributed by atoms with Gasteiger partial charge in [-0.25, -0.2) is 8.78 Å². The molecule has 3 N–H and O–H groups in total. The molecule has 3 atom stereocenters. The number of carbonyl (C=O) groups excluding carboxylic acids is 2. The number of methoxy groups -OCH3 is 1. The van der Waals surface area contributed by atoms with E-state index >= 15 is 0 Å². The topological polar surface area (TPSA) is 87.7 Å². The molecule has 1 saturated heterocycles. The number of anilines is 1. The van der Waals surface area contributed by atoms with Crippen LogP contribution in [-0.2, 0) is 4.79 Å². The first-order chi connectivity index (χ1) is 20.0. The summed E-state index contributed by atoms with van der Waals surface area (Å²) in [5.41, 5.74) is 1.77. The van der Waals surface area contributed by atoms with Gasteiger partial charge < -0.3 is 20.5 Å². The second-order valence-corrected chi connectivity index (χ2v) is 10.9. The highest BCUT2D eigenvalue weighted by Crippen LogP contribution is 2.37. The number of aliphatic hydroxyl groups is 1. The lowest BCUT2D eigenvalue weighted by molar-refractivity contribution is -0.117. The average molecular weight is 632 g/mol. The summed E-state index contributed by atoms with van der Waals surface area (Å²) in [7, 11) is 2.48. The van der Waals surface area contributed by atoms with Gasteiger partial charge >= 0.3 is 0 Å². The molecule has 4 rings (SSSR count). The van der Waals surface area contributed by atoms with Crippen molar-refractivity contribution in [3.05, 3.63) is 70.3 Å². The molecule has 6 nitrogen and oxygen atoms in total. The van der Waals surface area contributed by atoms with Gasteiger partial charge in [0.1, 0.15) is 23.7 Å². The van der Waals surface area contributed by atoms with Crippen molar-refractivity contribution in [3.8, 4) is 5.75 Å². The molecule has 3 unspecified atom stereocenters. The van der Waals surface area contributed by atoms with E-state index < -0.39 is 6.04 Å². The van der Waals surface area contributed by atoms with Crippen molar-refractivity contribution in [3.63, 3.8) is 0 Å². The SMILES string of the molecule is CC.CC(C)C.CO.COc1cc(C=O)ccc1NC(=O)C1CC(C2=C(F)CC(Cl)CC2)CN1.Fc1ccccc1Cl. The summed E-state index contributed by atoms with van der Waals surface area (Å²) in [5.74, 6) is 0.599. The fourth-order valence-corrected chi connectivity index (χ4v) is 4.43. The highest BCUT2D eigenvalue weighted by molar-refractivity contribution is 6.30. The lowest BCUT2D eigenvalue weighted by Crippen LogP contribution is -2.35. The molecule has 1 fully saturated rings. The Balaban J connectivity index is 0.000000867. The predicted octanol–water partition coefficient (Wildman–Crippen LogP) is 8.22. The molecule has 1 amide bonds. The van der Waals surface area contributed by atoms with Crippen molar-refractivity contribution in [2.75, 3.05) is 26.1 Å². The van der Waals surface area contributed by atoms with E-state index in [0.717, 1.165) is 31.3 Å². The summed E-state index contributed by atoms with van der Waals surface area (Å²) in [5, 5.41) is 13.0. The lowest BCUT2D eigenvalue weighted by atomic mass is 9.86. The molecule has 0 aromatic heterocycles. The number of rotatable bonds is 5. The minimum Gasteiger partial charge on any atom is -0.495 e. The van der Waals surface area contributed by atoms with Gasteiger partial charge in [0.05, 0.1) is 23.9 Å². The molecule has 0 spiro atoms. The summed E-state index contributed by atoms with van der Waals surface area (Å²) < 4.78 is 31.6.